The fraction of sp³-hybridized carbons (Fsp3) is 0.667. The summed E-state index contributed by atoms with van der Waals surface area (Å²) in [7, 11) is 0. The molecule has 0 bridgehead atoms. The summed E-state index contributed by atoms with van der Waals surface area (Å²) in [6.07, 6.45) is 11.1. The summed E-state index contributed by atoms with van der Waals surface area (Å²) in [5.41, 5.74) is 2.54. The van der Waals surface area contributed by atoms with Crippen LogP contribution in [0.2, 0.25) is 0 Å². The van der Waals surface area contributed by atoms with E-state index in [0.29, 0.717) is 5.88 Å². The molecule has 0 spiro atoms. The Morgan fingerprint density at radius 2 is 1.35 bits per heavy atom. The van der Waals surface area contributed by atoms with Crippen LogP contribution in [0.25, 0.3) is 0 Å². The van der Waals surface area contributed by atoms with Crippen molar-refractivity contribution in [1.29, 1.82) is 0 Å². The van der Waals surface area contributed by atoms with Crippen molar-refractivity contribution in [3.05, 3.63) is 35.4 Å². The van der Waals surface area contributed by atoms with Gasteiger partial charge in [0.25, 0.3) is 0 Å². The van der Waals surface area contributed by atoms with Gasteiger partial charge >= 0.3 is 0 Å². The zero-order valence-electron chi connectivity index (χ0n) is 13.0. The maximum Gasteiger partial charge on any atom is 0.0474 e. The fourth-order valence-corrected chi connectivity index (χ4v) is 2.54. The Balaban J connectivity index is 1.91. The van der Waals surface area contributed by atoms with Crippen LogP contribution < -0.4 is 5.32 Å². The van der Waals surface area contributed by atoms with Crippen molar-refractivity contribution >= 4 is 11.6 Å². The van der Waals surface area contributed by atoms with E-state index in [2.05, 4.69) is 36.5 Å². The fourth-order valence-electron chi connectivity index (χ4n) is 2.36. The Labute approximate surface area is 130 Å². The number of halogens is 1. The van der Waals surface area contributed by atoms with E-state index in [1.165, 1.54) is 62.5 Å². The van der Waals surface area contributed by atoms with Gasteiger partial charge in [-0.1, -0.05) is 76.1 Å². The molecule has 0 radical (unpaired) electrons. The first-order valence-corrected chi connectivity index (χ1v) is 8.74. The van der Waals surface area contributed by atoms with Gasteiger partial charge in [0.2, 0.25) is 0 Å². The van der Waals surface area contributed by atoms with Crippen LogP contribution in [-0.2, 0) is 12.4 Å². The summed E-state index contributed by atoms with van der Waals surface area (Å²) in [6, 6.07) is 8.55. The monoisotopic (exact) mass is 295 g/mol. The van der Waals surface area contributed by atoms with Gasteiger partial charge in [-0.15, -0.1) is 11.6 Å². The van der Waals surface area contributed by atoms with E-state index >= 15 is 0 Å². The second-order valence-electron chi connectivity index (χ2n) is 5.60. The summed E-state index contributed by atoms with van der Waals surface area (Å²) in [4.78, 5) is 0. The van der Waals surface area contributed by atoms with Crippen molar-refractivity contribution in [3.8, 4) is 0 Å². The highest BCUT2D eigenvalue weighted by molar-refractivity contribution is 6.17. The van der Waals surface area contributed by atoms with Gasteiger partial charge in [0.1, 0.15) is 0 Å². The minimum Gasteiger partial charge on any atom is -0.313 e. The molecule has 0 fully saturated rings. The van der Waals surface area contributed by atoms with Crippen LogP contribution in [-0.4, -0.2) is 6.54 Å². The molecule has 0 aromatic heterocycles. The van der Waals surface area contributed by atoms with Gasteiger partial charge in [0.05, 0.1) is 0 Å². The molecule has 0 saturated carbocycles. The van der Waals surface area contributed by atoms with E-state index in [0.717, 1.165) is 13.1 Å². The maximum absolute atomic E-state index is 5.78. The Hall–Kier alpha value is -0.530. The van der Waals surface area contributed by atoms with Gasteiger partial charge in [-0.3, -0.25) is 0 Å². The van der Waals surface area contributed by atoms with Crippen molar-refractivity contribution in [2.24, 2.45) is 0 Å². The lowest BCUT2D eigenvalue weighted by Gasteiger charge is -2.06. The molecule has 0 aliphatic carbocycles. The second-order valence-corrected chi connectivity index (χ2v) is 5.87. The first kappa shape index (κ1) is 17.5. The minimum atomic E-state index is 0.603. The molecule has 0 aliphatic heterocycles. The Morgan fingerprint density at radius 3 is 1.95 bits per heavy atom. The topological polar surface area (TPSA) is 12.0 Å². The number of hydrogen-bond donors (Lipinski definition) is 1. The van der Waals surface area contributed by atoms with Gasteiger partial charge in [-0.05, 0) is 24.1 Å². The molecular weight excluding hydrogens is 266 g/mol. The molecule has 0 atom stereocenters. The van der Waals surface area contributed by atoms with Crippen molar-refractivity contribution in [2.75, 3.05) is 6.54 Å². The van der Waals surface area contributed by atoms with Gasteiger partial charge < -0.3 is 5.32 Å². The minimum absolute atomic E-state index is 0.603. The van der Waals surface area contributed by atoms with Crippen LogP contribution in [0.1, 0.15) is 69.4 Å². The second kappa shape index (κ2) is 12.2. The van der Waals surface area contributed by atoms with E-state index in [4.69, 9.17) is 11.6 Å². The van der Waals surface area contributed by atoms with Crippen molar-refractivity contribution in [2.45, 2.75) is 70.7 Å². The number of hydrogen-bond acceptors (Lipinski definition) is 1. The highest BCUT2D eigenvalue weighted by Crippen LogP contribution is 2.09. The average molecular weight is 296 g/mol. The van der Waals surface area contributed by atoms with E-state index in [-0.39, 0.29) is 0 Å². The smallest absolute Gasteiger partial charge is 0.0474 e. The zero-order valence-corrected chi connectivity index (χ0v) is 13.7. The van der Waals surface area contributed by atoms with Crippen LogP contribution in [0.15, 0.2) is 24.3 Å². The SMILES string of the molecule is CCCCCCCCCCNCc1ccc(CCl)cc1. The summed E-state index contributed by atoms with van der Waals surface area (Å²) in [5, 5.41) is 3.52. The van der Waals surface area contributed by atoms with Crippen molar-refractivity contribution in [3.63, 3.8) is 0 Å². The first-order valence-electron chi connectivity index (χ1n) is 8.21. The van der Waals surface area contributed by atoms with Crippen LogP contribution in [0.3, 0.4) is 0 Å². The number of nitrogens with one attached hydrogen (secondary N) is 1. The molecule has 0 unspecified atom stereocenters. The number of rotatable bonds is 12. The molecule has 1 rings (SSSR count). The molecule has 1 aromatic rings. The van der Waals surface area contributed by atoms with Crippen LogP contribution in [0.5, 0.6) is 0 Å². The quantitative estimate of drug-likeness (QED) is 0.388. The molecular formula is C18H30ClN. The molecule has 0 saturated heterocycles. The summed E-state index contributed by atoms with van der Waals surface area (Å²) >= 11 is 5.78. The Kier molecular flexibility index (Phi) is 10.7. The number of alkyl halides is 1. The Bertz CT molecular complexity index is 321. The molecule has 0 aliphatic rings. The zero-order chi connectivity index (χ0) is 14.5. The van der Waals surface area contributed by atoms with Gasteiger partial charge in [0.15, 0.2) is 0 Å². The third-order valence-electron chi connectivity index (χ3n) is 3.71. The van der Waals surface area contributed by atoms with E-state index < -0.39 is 0 Å². The van der Waals surface area contributed by atoms with Gasteiger partial charge in [-0.2, -0.15) is 0 Å². The normalized spacial score (nSPS) is 10.9. The largest absolute Gasteiger partial charge is 0.313 e. The lowest BCUT2D eigenvalue weighted by Crippen LogP contribution is -2.14. The average Bonchev–Trinajstić information content (AvgIpc) is 2.50. The third kappa shape index (κ3) is 8.60. The lowest BCUT2D eigenvalue weighted by atomic mass is 10.1. The highest BCUT2D eigenvalue weighted by Gasteiger charge is 1.95. The first-order chi connectivity index (χ1) is 9.86. The molecule has 1 N–H and O–H groups in total. The molecule has 20 heavy (non-hydrogen) atoms. The summed E-state index contributed by atoms with van der Waals surface area (Å²) < 4.78 is 0. The van der Waals surface area contributed by atoms with Crippen molar-refractivity contribution < 1.29 is 0 Å². The van der Waals surface area contributed by atoms with Gasteiger partial charge in [-0.25, -0.2) is 0 Å². The molecule has 1 nitrogen and oxygen atoms in total. The van der Waals surface area contributed by atoms with E-state index in [1.807, 2.05) is 0 Å². The molecule has 1 aromatic carbocycles. The highest BCUT2D eigenvalue weighted by atomic mass is 35.5. The van der Waals surface area contributed by atoms with Gasteiger partial charge in [0, 0.05) is 12.4 Å². The standard InChI is InChI=1S/C18H30ClN/c1-2-3-4-5-6-7-8-9-14-20-16-18-12-10-17(15-19)11-13-18/h10-13,20H,2-9,14-16H2,1H3. The predicted octanol–water partition coefficient (Wildman–Crippen LogP) is 5.66. The molecule has 0 amide bonds. The number of unbranched alkanes of at least 4 members (excludes halogenated alkanes) is 7. The van der Waals surface area contributed by atoms with Crippen molar-refractivity contribution in [1.82, 2.24) is 5.32 Å². The summed E-state index contributed by atoms with van der Waals surface area (Å²) in [6.45, 7) is 4.38. The lowest BCUT2D eigenvalue weighted by molar-refractivity contribution is 0.555. The molecule has 0 heterocycles. The predicted molar refractivity (Wildman–Crippen MR) is 90.3 cm³/mol. The van der Waals surface area contributed by atoms with Crippen LogP contribution >= 0.6 is 11.6 Å². The maximum atomic E-state index is 5.78. The Morgan fingerprint density at radius 1 is 0.800 bits per heavy atom. The van der Waals surface area contributed by atoms with Crippen LogP contribution in [0, 0.1) is 0 Å². The summed E-state index contributed by atoms with van der Waals surface area (Å²) in [5.74, 6) is 0.603. The molecule has 114 valence electrons. The third-order valence-corrected chi connectivity index (χ3v) is 4.02. The number of benzene rings is 1. The van der Waals surface area contributed by atoms with E-state index in [9.17, 15) is 0 Å². The molecule has 2 heteroatoms. The van der Waals surface area contributed by atoms with E-state index in [1.54, 1.807) is 0 Å². The van der Waals surface area contributed by atoms with Crippen LogP contribution in [0.4, 0.5) is 0 Å².